The van der Waals surface area contributed by atoms with Crippen LogP contribution in [0.15, 0.2) is 35.7 Å². The van der Waals surface area contributed by atoms with Crippen LogP contribution in [0.1, 0.15) is 10.4 Å². The number of thiophene rings is 1. The number of hydrogen-bond acceptors (Lipinski definition) is 3. The van der Waals surface area contributed by atoms with E-state index in [2.05, 4.69) is 17.5 Å². The van der Waals surface area contributed by atoms with Crippen molar-refractivity contribution in [1.29, 1.82) is 0 Å². The summed E-state index contributed by atoms with van der Waals surface area (Å²) >= 11 is 1.74. The summed E-state index contributed by atoms with van der Waals surface area (Å²) in [5, 5.41) is 2.08. The molecule has 0 saturated heterocycles. The average Bonchev–Trinajstić information content (AvgIpc) is 2.74. The first-order chi connectivity index (χ1) is 7.29. The molecule has 0 aliphatic carbocycles. The summed E-state index contributed by atoms with van der Waals surface area (Å²) in [5.74, 6) is 0.857. The second kappa shape index (κ2) is 4.36. The van der Waals surface area contributed by atoms with Gasteiger partial charge >= 0.3 is 0 Å². The van der Waals surface area contributed by atoms with Crippen molar-refractivity contribution in [3.63, 3.8) is 0 Å². The van der Waals surface area contributed by atoms with Crippen molar-refractivity contribution >= 4 is 17.0 Å². The zero-order chi connectivity index (χ0) is 10.7. The normalized spacial score (nSPS) is 10.2. The first-order valence-corrected chi connectivity index (χ1v) is 5.62. The van der Waals surface area contributed by atoms with Crippen molar-refractivity contribution in [3.05, 3.63) is 46.2 Å². The molecule has 0 radical (unpaired) electrons. The van der Waals surface area contributed by atoms with Crippen LogP contribution in [0.5, 0.6) is 5.75 Å². The van der Waals surface area contributed by atoms with Gasteiger partial charge in [0.05, 0.1) is 7.11 Å². The van der Waals surface area contributed by atoms with E-state index < -0.39 is 0 Å². The van der Waals surface area contributed by atoms with Gasteiger partial charge in [0.2, 0.25) is 0 Å². The Hall–Kier alpha value is -1.48. The van der Waals surface area contributed by atoms with Gasteiger partial charge < -0.3 is 10.5 Å². The Morgan fingerprint density at radius 3 is 2.87 bits per heavy atom. The van der Waals surface area contributed by atoms with Crippen LogP contribution in [0, 0.1) is 0 Å². The maximum absolute atomic E-state index is 5.91. The third-order valence-electron chi connectivity index (χ3n) is 2.29. The zero-order valence-corrected chi connectivity index (χ0v) is 9.38. The molecule has 2 rings (SSSR count). The SMILES string of the molecule is COc1ccc(N)c(Cc2cccs2)c1. The summed E-state index contributed by atoms with van der Waals surface area (Å²) in [4.78, 5) is 1.31. The third-order valence-corrected chi connectivity index (χ3v) is 3.17. The predicted molar refractivity (Wildman–Crippen MR) is 64.5 cm³/mol. The van der Waals surface area contributed by atoms with Crippen LogP contribution in [0.3, 0.4) is 0 Å². The molecule has 0 fully saturated rings. The molecule has 0 bridgehead atoms. The number of nitrogen functional groups attached to an aromatic ring is 1. The smallest absolute Gasteiger partial charge is 0.119 e. The third kappa shape index (κ3) is 2.30. The van der Waals surface area contributed by atoms with Crippen molar-refractivity contribution in [1.82, 2.24) is 0 Å². The van der Waals surface area contributed by atoms with E-state index in [4.69, 9.17) is 10.5 Å². The van der Waals surface area contributed by atoms with Gasteiger partial charge in [0.25, 0.3) is 0 Å². The summed E-state index contributed by atoms with van der Waals surface area (Å²) < 4.78 is 5.18. The Labute approximate surface area is 93.3 Å². The molecule has 0 aliphatic heterocycles. The Bertz CT molecular complexity index is 437. The zero-order valence-electron chi connectivity index (χ0n) is 8.57. The highest BCUT2D eigenvalue weighted by Crippen LogP contribution is 2.23. The highest BCUT2D eigenvalue weighted by molar-refractivity contribution is 7.09. The van der Waals surface area contributed by atoms with E-state index in [1.54, 1.807) is 18.4 Å². The maximum Gasteiger partial charge on any atom is 0.119 e. The molecule has 2 aromatic rings. The molecule has 0 unspecified atom stereocenters. The van der Waals surface area contributed by atoms with Gasteiger partial charge in [-0.15, -0.1) is 11.3 Å². The Morgan fingerprint density at radius 2 is 2.20 bits per heavy atom. The number of benzene rings is 1. The van der Waals surface area contributed by atoms with E-state index in [-0.39, 0.29) is 0 Å². The number of nitrogens with two attached hydrogens (primary N) is 1. The van der Waals surface area contributed by atoms with E-state index in [0.717, 1.165) is 23.4 Å². The van der Waals surface area contributed by atoms with E-state index >= 15 is 0 Å². The minimum atomic E-state index is 0.823. The number of ether oxygens (including phenoxy) is 1. The summed E-state index contributed by atoms with van der Waals surface area (Å²) in [6.45, 7) is 0. The largest absolute Gasteiger partial charge is 0.497 e. The fourth-order valence-corrected chi connectivity index (χ4v) is 2.19. The van der Waals surface area contributed by atoms with Gasteiger partial charge in [0.1, 0.15) is 5.75 Å². The van der Waals surface area contributed by atoms with Crippen LogP contribution >= 0.6 is 11.3 Å². The lowest BCUT2D eigenvalue weighted by Crippen LogP contribution is -1.95. The minimum absolute atomic E-state index is 0.823. The minimum Gasteiger partial charge on any atom is -0.497 e. The second-order valence-electron chi connectivity index (χ2n) is 3.32. The Balaban J connectivity index is 2.27. The van der Waals surface area contributed by atoms with Gasteiger partial charge in [-0.3, -0.25) is 0 Å². The van der Waals surface area contributed by atoms with Gasteiger partial charge in [-0.05, 0) is 35.2 Å². The maximum atomic E-state index is 5.91. The highest BCUT2D eigenvalue weighted by atomic mass is 32.1. The lowest BCUT2D eigenvalue weighted by atomic mass is 10.1. The number of rotatable bonds is 3. The fraction of sp³-hybridized carbons (Fsp3) is 0.167. The van der Waals surface area contributed by atoms with Gasteiger partial charge in [0.15, 0.2) is 0 Å². The first kappa shape index (κ1) is 10.1. The van der Waals surface area contributed by atoms with Crippen LogP contribution in [0.4, 0.5) is 5.69 Å². The van der Waals surface area contributed by atoms with Gasteiger partial charge in [0, 0.05) is 17.0 Å². The standard InChI is InChI=1S/C12H13NOS/c1-14-10-4-5-12(13)9(7-10)8-11-3-2-6-15-11/h2-7H,8,13H2,1H3. The molecule has 1 aromatic carbocycles. The molecule has 2 N–H and O–H groups in total. The summed E-state index contributed by atoms with van der Waals surface area (Å²) in [6.07, 6.45) is 0.876. The van der Waals surface area contributed by atoms with Crippen LogP contribution in [-0.4, -0.2) is 7.11 Å². The van der Waals surface area contributed by atoms with Crippen LogP contribution in [0.25, 0.3) is 0 Å². The monoisotopic (exact) mass is 219 g/mol. The van der Waals surface area contributed by atoms with Crippen LogP contribution in [0.2, 0.25) is 0 Å². The Morgan fingerprint density at radius 1 is 1.33 bits per heavy atom. The average molecular weight is 219 g/mol. The molecule has 1 aromatic heterocycles. The molecular weight excluding hydrogens is 206 g/mol. The van der Waals surface area contributed by atoms with E-state index in [0.29, 0.717) is 0 Å². The lowest BCUT2D eigenvalue weighted by Gasteiger charge is -2.06. The second-order valence-corrected chi connectivity index (χ2v) is 4.35. The molecule has 0 amide bonds. The topological polar surface area (TPSA) is 35.2 Å². The molecule has 0 atom stereocenters. The van der Waals surface area contributed by atoms with Gasteiger partial charge in [-0.2, -0.15) is 0 Å². The number of hydrogen-bond donors (Lipinski definition) is 1. The van der Waals surface area contributed by atoms with Crippen LogP contribution in [-0.2, 0) is 6.42 Å². The van der Waals surface area contributed by atoms with Gasteiger partial charge in [-0.1, -0.05) is 6.07 Å². The van der Waals surface area contributed by atoms with Crippen LogP contribution < -0.4 is 10.5 Å². The molecular formula is C12H13NOS. The van der Waals surface area contributed by atoms with Gasteiger partial charge in [-0.25, -0.2) is 0 Å². The number of methoxy groups -OCH3 is 1. The summed E-state index contributed by atoms with van der Waals surface area (Å²) in [5.41, 5.74) is 7.86. The highest BCUT2D eigenvalue weighted by Gasteiger charge is 2.03. The molecule has 0 spiro atoms. The predicted octanol–water partition coefficient (Wildman–Crippen LogP) is 2.93. The quantitative estimate of drug-likeness (QED) is 0.805. The molecule has 1 heterocycles. The van der Waals surface area contributed by atoms with E-state index in [9.17, 15) is 0 Å². The lowest BCUT2D eigenvalue weighted by molar-refractivity contribution is 0.414. The van der Waals surface area contributed by atoms with Crippen molar-refractivity contribution in [2.75, 3.05) is 12.8 Å². The number of anilines is 1. The molecule has 0 saturated carbocycles. The molecule has 78 valence electrons. The van der Waals surface area contributed by atoms with Crippen molar-refractivity contribution in [2.24, 2.45) is 0 Å². The van der Waals surface area contributed by atoms with Crippen molar-refractivity contribution in [2.45, 2.75) is 6.42 Å². The molecule has 3 heteroatoms. The van der Waals surface area contributed by atoms with E-state index in [1.807, 2.05) is 18.2 Å². The summed E-state index contributed by atoms with van der Waals surface area (Å²) in [7, 11) is 1.67. The molecule has 15 heavy (non-hydrogen) atoms. The summed E-state index contributed by atoms with van der Waals surface area (Å²) in [6, 6.07) is 9.93. The first-order valence-electron chi connectivity index (χ1n) is 4.74. The Kier molecular flexibility index (Phi) is 2.92. The molecule has 0 aliphatic rings. The van der Waals surface area contributed by atoms with Crippen molar-refractivity contribution < 1.29 is 4.74 Å². The van der Waals surface area contributed by atoms with E-state index in [1.165, 1.54) is 4.88 Å². The fourth-order valence-electron chi connectivity index (χ4n) is 1.46. The molecule has 2 nitrogen and oxygen atoms in total. The van der Waals surface area contributed by atoms with Crippen molar-refractivity contribution in [3.8, 4) is 5.75 Å².